The number of carbonyl (C=O) groups excluding carboxylic acids is 8. The topological polar surface area (TPSA) is 347 Å². The van der Waals surface area contributed by atoms with Gasteiger partial charge in [0.15, 0.2) is 5.78 Å². The molecule has 7 N–H and O–H groups in total. The number of carbonyl (C=O) groups is 12. The Labute approximate surface area is 445 Å². The molecule has 0 aliphatic carbocycles. The number of amides is 5. The van der Waals surface area contributed by atoms with Gasteiger partial charge in [-0.05, 0) is 37.5 Å². The second kappa shape index (κ2) is 32.8. The molecule has 0 saturated carbocycles. The third-order valence-electron chi connectivity index (χ3n) is 13.5. The van der Waals surface area contributed by atoms with Gasteiger partial charge in [0.1, 0.15) is 0 Å². The van der Waals surface area contributed by atoms with Gasteiger partial charge in [-0.25, -0.2) is 4.79 Å². The average molecular weight is 1170 g/mol. The van der Waals surface area contributed by atoms with Gasteiger partial charge in [0.25, 0.3) is 17.7 Å². The first-order chi connectivity index (χ1) is 36.1. The Morgan fingerprint density at radius 1 is 0.618 bits per heavy atom. The molecule has 22 nitrogen and oxygen atoms in total. The fraction of sp³-hybridized carbons (Fsp3) is 0.566. The van der Waals surface area contributed by atoms with E-state index in [4.69, 9.17) is 4.84 Å². The zero-order chi connectivity index (χ0) is 56.4. The molecule has 1 saturated heterocycles. The molecular formula is C53H73N5O17Sn. The number of rotatable bonds is 38. The number of nitrogens with zero attached hydrogens (tertiary/aromatic N) is 2. The monoisotopic (exact) mass is 1170 g/mol. The number of unbranched alkanes of at least 4 members (excludes halogenated alkanes) is 4. The Morgan fingerprint density at radius 2 is 1.14 bits per heavy atom. The predicted molar refractivity (Wildman–Crippen MR) is 276 cm³/mol. The molecule has 0 bridgehead atoms. The summed E-state index contributed by atoms with van der Waals surface area (Å²) in [5.74, 6) is -15.1. The van der Waals surface area contributed by atoms with E-state index in [2.05, 4.69) is 41.7 Å². The van der Waals surface area contributed by atoms with E-state index < -0.39 is 159 Å². The summed E-state index contributed by atoms with van der Waals surface area (Å²) in [6, 6.07) is 3.53. The number of aliphatic carboxylic acids is 4. The third-order valence-corrected chi connectivity index (χ3v) is 29.0. The summed E-state index contributed by atoms with van der Waals surface area (Å²) < 4.78 is 4.86. The summed E-state index contributed by atoms with van der Waals surface area (Å²) in [6.45, 7) is 6.77. The minimum atomic E-state index is -2.89. The van der Waals surface area contributed by atoms with Gasteiger partial charge in [0.2, 0.25) is 5.91 Å². The third kappa shape index (κ3) is 21.2. The van der Waals surface area contributed by atoms with Gasteiger partial charge in [-0.1, -0.05) is 6.07 Å². The van der Waals surface area contributed by atoms with E-state index in [1.807, 2.05) is 12.3 Å². The molecule has 23 heteroatoms. The van der Waals surface area contributed by atoms with Gasteiger partial charge in [0.05, 0.1) is 17.6 Å². The Morgan fingerprint density at radius 3 is 1.68 bits per heavy atom. The van der Waals surface area contributed by atoms with E-state index in [0.29, 0.717) is 17.0 Å². The molecule has 1 aliphatic heterocycles. The number of ketones is 2. The first kappa shape index (κ1) is 63.7. The fourth-order valence-electron chi connectivity index (χ4n) is 9.01. The molecule has 5 amide bonds. The summed E-state index contributed by atoms with van der Waals surface area (Å²) in [5.41, 5.74) is -0.0549. The standard InChI is InChI=1S/C41H46N5O17.3C4H9.Sn/c47-30(28(10-15-35(53)54)44-38(58)23-6-3-7-26(19-23)41(62)63-46-32(49)12-13-33(46)50)20-24(9-14-34(51)52)39(59)45-29(11-16-36(55)56)31(48)21-25(40(60)61)5-1-2-18-43-37(57)27-8-4-17-42-22-27;3*1-3-4-2;/h3,6-8,17,19,22,24-25,28-29H,1-2,5,9-16,18,20-21H2,(H,43,57)(H,44,58)(H,45,59)(H,51,52)(H,53,54)(H,55,56)(H,60,61);3*1,3-4H2,2H3;/t24-,25-,28+,29+;;;;/m0..../s1. The maximum atomic E-state index is 13.9. The van der Waals surface area contributed by atoms with Crippen LogP contribution in [0.3, 0.4) is 0 Å². The van der Waals surface area contributed by atoms with Crippen molar-refractivity contribution in [1.82, 2.24) is 26.0 Å². The molecule has 2 heterocycles. The van der Waals surface area contributed by atoms with Crippen LogP contribution in [0.4, 0.5) is 0 Å². The first-order valence-corrected chi connectivity index (χ1v) is 33.6. The van der Waals surface area contributed by atoms with Gasteiger partial charge in [-0.15, -0.1) is 5.06 Å². The molecule has 1 aromatic carbocycles. The van der Waals surface area contributed by atoms with Crippen LogP contribution in [0.2, 0.25) is 13.3 Å². The number of hydrogen-bond acceptors (Lipinski definition) is 14. The van der Waals surface area contributed by atoms with Crippen LogP contribution in [0, 0.1) is 11.8 Å². The number of imide groups is 1. The van der Waals surface area contributed by atoms with Gasteiger partial charge < -0.3 is 30.8 Å². The molecule has 4 atom stereocenters. The van der Waals surface area contributed by atoms with Crippen molar-refractivity contribution in [3.8, 4) is 0 Å². The van der Waals surface area contributed by atoms with E-state index in [9.17, 15) is 78.0 Å². The van der Waals surface area contributed by atoms with E-state index in [1.165, 1.54) is 35.1 Å². The SMILES string of the molecule is CCC[CH2][Sn]([CH2]CCC)([CH2]CCC)[c]1cncc(C(=O)NCCCC[C@@H](CC(=O)[C@@H](CCC(=O)O)NC(=O)[C@@H](CCC(=O)O)CC(=O)[C@@H](CCC(=O)O)NC(=O)c2cccc(C(=O)ON3C(=O)CCC3=O)c2)C(=O)O)c1. The molecule has 1 aromatic heterocycles. The normalized spacial score (nSPS) is 14.0. The second-order valence-electron chi connectivity index (χ2n) is 19.3. The Bertz CT molecular complexity index is 2370. The summed E-state index contributed by atoms with van der Waals surface area (Å²) >= 11 is -2.89. The maximum absolute atomic E-state index is 13.9. The molecule has 1 fully saturated rings. The number of hydroxylamine groups is 2. The van der Waals surface area contributed by atoms with Crippen LogP contribution in [0.25, 0.3) is 0 Å². The van der Waals surface area contributed by atoms with Crippen molar-refractivity contribution in [3.05, 3.63) is 59.4 Å². The van der Waals surface area contributed by atoms with E-state index >= 15 is 0 Å². The van der Waals surface area contributed by atoms with Crippen molar-refractivity contribution in [1.29, 1.82) is 0 Å². The Balaban J connectivity index is 1.72. The molecule has 416 valence electrons. The van der Waals surface area contributed by atoms with Gasteiger partial charge in [-0.2, -0.15) is 0 Å². The van der Waals surface area contributed by atoms with Crippen LogP contribution in [0.15, 0.2) is 42.7 Å². The van der Waals surface area contributed by atoms with Gasteiger partial charge in [0, 0.05) is 50.0 Å². The van der Waals surface area contributed by atoms with Gasteiger partial charge >= 0.3 is 223 Å². The second-order valence-corrected chi connectivity index (χ2v) is 32.5. The Hall–Kier alpha value is -6.59. The van der Waals surface area contributed by atoms with Crippen LogP contribution in [-0.4, -0.2) is 138 Å². The van der Waals surface area contributed by atoms with Gasteiger partial charge in [-0.3, -0.25) is 43.2 Å². The number of Topliss-reactive ketones (excluding diaryl/α,β-unsaturated/α-hetero) is 2. The molecule has 3 rings (SSSR count). The summed E-state index contributed by atoms with van der Waals surface area (Å²) in [5, 5.41) is 46.5. The van der Waals surface area contributed by atoms with Crippen LogP contribution in [0.1, 0.15) is 174 Å². The summed E-state index contributed by atoms with van der Waals surface area (Å²) in [7, 11) is 0. The van der Waals surface area contributed by atoms with Crippen LogP contribution < -0.4 is 19.5 Å². The van der Waals surface area contributed by atoms with E-state index in [1.54, 1.807) is 6.20 Å². The number of carboxylic acids is 4. The van der Waals surface area contributed by atoms with Crippen molar-refractivity contribution >= 4 is 92.9 Å². The summed E-state index contributed by atoms with van der Waals surface area (Å²) in [6.07, 6.45) is 5.53. The van der Waals surface area contributed by atoms with E-state index in [-0.39, 0.29) is 49.3 Å². The minimum absolute atomic E-state index is 0.0228. The van der Waals surface area contributed by atoms with Crippen molar-refractivity contribution in [3.63, 3.8) is 0 Å². The molecular weight excluding hydrogens is 1100 g/mol. The van der Waals surface area contributed by atoms with E-state index in [0.717, 1.165) is 44.6 Å². The van der Waals surface area contributed by atoms with Crippen molar-refractivity contribution in [2.24, 2.45) is 11.8 Å². The number of carboxylic acid groups (broad SMARTS) is 4. The summed E-state index contributed by atoms with van der Waals surface area (Å²) in [4.78, 5) is 162. The number of aromatic nitrogens is 1. The molecule has 0 radical (unpaired) electrons. The first-order valence-electron chi connectivity index (χ1n) is 26.1. The molecule has 1 aliphatic rings. The molecule has 0 spiro atoms. The number of pyridine rings is 1. The zero-order valence-electron chi connectivity index (χ0n) is 43.6. The number of hydrogen-bond donors (Lipinski definition) is 7. The van der Waals surface area contributed by atoms with Crippen LogP contribution in [-0.2, 0) is 48.0 Å². The van der Waals surface area contributed by atoms with Crippen molar-refractivity contribution < 1.29 is 82.8 Å². The number of benzene rings is 1. The predicted octanol–water partition coefficient (Wildman–Crippen LogP) is 5.37. The quantitative estimate of drug-likeness (QED) is 0.0252. The van der Waals surface area contributed by atoms with Crippen molar-refractivity contribution in [2.45, 2.75) is 168 Å². The zero-order valence-corrected chi connectivity index (χ0v) is 46.5. The number of nitrogens with one attached hydrogen (secondary N) is 3. The molecule has 76 heavy (non-hydrogen) atoms. The fourth-order valence-corrected chi connectivity index (χ4v) is 24.8. The van der Waals surface area contributed by atoms with Crippen molar-refractivity contribution in [2.75, 3.05) is 6.54 Å². The molecule has 2 aromatic rings. The van der Waals surface area contributed by atoms with Crippen LogP contribution in [0.5, 0.6) is 0 Å². The molecule has 0 unspecified atom stereocenters. The average Bonchev–Trinajstić information content (AvgIpc) is 3.70. The Kier molecular flexibility index (Phi) is 27.5. The van der Waals surface area contributed by atoms with Crippen LogP contribution >= 0.6 is 0 Å².